The molecule has 0 unspecified atom stereocenters. The van der Waals surface area contributed by atoms with Gasteiger partial charge in [0.25, 0.3) is 0 Å². The summed E-state index contributed by atoms with van der Waals surface area (Å²) in [4.78, 5) is 6.20. The van der Waals surface area contributed by atoms with Crippen LogP contribution in [0.3, 0.4) is 0 Å². The van der Waals surface area contributed by atoms with E-state index in [0.717, 1.165) is 24.2 Å². The molecule has 0 fully saturated rings. The zero-order valence-electron chi connectivity index (χ0n) is 10.7. The number of hydrogen-bond donors (Lipinski definition) is 0. The van der Waals surface area contributed by atoms with Gasteiger partial charge in [-0.05, 0) is 30.8 Å². The highest BCUT2D eigenvalue weighted by Gasteiger charge is 2.06. The van der Waals surface area contributed by atoms with Crippen LogP contribution in [0, 0.1) is 11.3 Å². The van der Waals surface area contributed by atoms with E-state index in [9.17, 15) is 0 Å². The maximum Gasteiger partial charge on any atom is 0.133 e. The van der Waals surface area contributed by atoms with Crippen LogP contribution in [0.1, 0.15) is 16.7 Å². The molecule has 0 aliphatic rings. The number of nitrogens with zero attached hydrogens (tertiary/aromatic N) is 3. The van der Waals surface area contributed by atoms with Crippen LogP contribution >= 0.6 is 11.6 Å². The predicted molar refractivity (Wildman–Crippen MR) is 75.6 cm³/mol. The molecule has 0 bridgehead atoms. The molecule has 1 aromatic heterocycles. The summed E-state index contributed by atoms with van der Waals surface area (Å²) in [5.41, 5.74) is 2.80. The number of halogens is 1. The summed E-state index contributed by atoms with van der Waals surface area (Å²) in [5, 5.41) is 9.42. The average molecular weight is 272 g/mol. The summed E-state index contributed by atoms with van der Waals surface area (Å²) < 4.78 is 0. The largest absolute Gasteiger partial charge is 0.298 e. The predicted octanol–water partition coefficient (Wildman–Crippen LogP) is 3.24. The lowest BCUT2D eigenvalue weighted by molar-refractivity contribution is 0.319. The Labute approximate surface area is 118 Å². The fourth-order valence-electron chi connectivity index (χ4n) is 1.93. The zero-order chi connectivity index (χ0) is 13.7. The summed E-state index contributed by atoms with van der Waals surface area (Å²) in [6, 6.07) is 13.6. The van der Waals surface area contributed by atoms with E-state index in [4.69, 9.17) is 16.9 Å². The van der Waals surface area contributed by atoms with E-state index in [0.29, 0.717) is 10.7 Å². The maximum atomic E-state index is 8.88. The molecule has 19 heavy (non-hydrogen) atoms. The number of aromatic nitrogens is 1. The Balaban J connectivity index is 2.03. The third-order valence-corrected chi connectivity index (χ3v) is 3.13. The summed E-state index contributed by atoms with van der Waals surface area (Å²) >= 11 is 6.04. The van der Waals surface area contributed by atoms with Gasteiger partial charge < -0.3 is 0 Å². The number of hydrogen-bond acceptors (Lipinski definition) is 3. The first kappa shape index (κ1) is 13.5. The van der Waals surface area contributed by atoms with E-state index >= 15 is 0 Å². The van der Waals surface area contributed by atoms with Crippen LogP contribution < -0.4 is 0 Å². The van der Waals surface area contributed by atoms with Crippen LogP contribution in [0.15, 0.2) is 42.6 Å². The van der Waals surface area contributed by atoms with E-state index in [-0.39, 0.29) is 0 Å². The van der Waals surface area contributed by atoms with Crippen molar-refractivity contribution in [3.05, 3.63) is 64.4 Å². The Morgan fingerprint density at radius 2 is 2.11 bits per heavy atom. The van der Waals surface area contributed by atoms with Crippen molar-refractivity contribution in [3.8, 4) is 6.07 Å². The molecule has 2 aromatic rings. The van der Waals surface area contributed by atoms with Crippen molar-refractivity contribution in [3.63, 3.8) is 0 Å². The molecule has 0 saturated carbocycles. The van der Waals surface area contributed by atoms with E-state index in [1.165, 1.54) is 0 Å². The molecular formula is C15H14ClN3. The Morgan fingerprint density at radius 3 is 2.84 bits per heavy atom. The van der Waals surface area contributed by atoms with Gasteiger partial charge >= 0.3 is 0 Å². The van der Waals surface area contributed by atoms with Gasteiger partial charge in [0.15, 0.2) is 0 Å². The smallest absolute Gasteiger partial charge is 0.133 e. The van der Waals surface area contributed by atoms with Crippen molar-refractivity contribution in [2.75, 3.05) is 7.05 Å². The Hall–Kier alpha value is -1.89. The molecule has 0 saturated heterocycles. The molecule has 0 spiro atoms. The standard InChI is InChI=1S/C15H14ClN3/c1-19(11-14-6-3-7-18-15(14)16)10-13-5-2-4-12(8-13)9-17/h2-8H,10-11H2,1H3. The molecule has 0 N–H and O–H groups in total. The molecule has 4 heteroatoms. The van der Waals surface area contributed by atoms with E-state index in [1.807, 2.05) is 43.4 Å². The van der Waals surface area contributed by atoms with Gasteiger partial charge in [-0.3, -0.25) is 4.90 Å². The van der Waals surface area contributed by atoms with Crippen LogP contribution in [0.25, 0.3) is 0 Å². The van der Waals surface area contributed by atoms with Gasteiger partial charge in [-0.2, -0.15) is 5.26 Å². The van der Waals surface area contributed by atoms with Gasteiger partial charge in [-0.1, -0.05) is 29.8 Å². The molecule has 0 aliphatic heterocycles. The summed E-state index contributed by atoms with van der Waals surface area (Å²) in [6.07, 6.45) is 1.68. The lowest BCUT2D eigenvalue weighted by atomic mass is 10.1. The molecule has 2 rings (SSSR count). The topological polar surface area (TPSA) is 39.9 Å². The lowest BCUT2D eigenvalue weighted by Gasteiger charge is -2.17. The van der Waals surface area contributed by atoms with E-state index < -0.39 is 0 Å². The number of pyridine rings is 1. The zero-order valence-corrected chi connectivity index (χ0v) is 11.4. The van der Waals surface area contributed by atoms with Crippen molar-refractivity contribution < 1.29 is 0 Å². The second-order valence-corrected chi connectivity index (χ2v) is 4.80. The molecule has 1 aromatic carbocycles. The van der Waals surface area contributed by atoms with Crippen LogP contribution in [-0.4, -0.2) is 16.9 Å². The molecule has 0 aliphatic carbocycles. The normalized spacial score (nSPS) is 10.4. The first-order valence-electron chi connectivity index (χ1n) is 5.96. The number of benzene rings is 1. The van der Waals surface area contributed by atoms with Crippen molar-refractivity contribution in [2.45, 2.75) is 13.1 Å². The number of rotatable bonds is 4. The monoisotopic (exact) mass is 271 g/mol. The molecule has 0 atom stereocenters. The van der Waals surface area contributed by atoms with Crippen molar-refractivity contribution >= 4 is 11.6 Å². The van der Waals surface area contributed by atoms with Crippen LogP contribution in [0.2, 0.25) is 5.15 Å². The first-order valence-corrected chi connectivity index (χ1v) is 6.34. The Bertz CT molecular complexity index is 604. The van der Waals surface area contributed by atoms with Crippen molar-refractivity contribution in [1.29, 1.82) is 5.26 Å². The van der Waals surface area contributed by atoms with E-state index in [2.05, 4.69) is 16.0 Å². The lowest BCUT2D eigenvalue weighted by Crippen LogP contribution is -2.17. The SMILES string of the molecule is CN(Cc1cccc(C#N)c1)Cc1cccnc1Cl. The summed E-state index contributed by atoms with van der Waals surface area (Å²) in [6.45, 7) is 1.49. The third-order valence-electron chi connectivity index (χ3n) is 2.79. The van der Waals surface area contributed by atoms with Crippen LogP contribution in [-0.2, 0) is 13.1 Å². The van der Waals surface area contributed by atoms with Gasteiger partial charge in [-0.25, -0.2) is 4.98 Å². The highest BCUT2D eigenvalue weighted by atomic mass is 35.5. The maximum absolute atomic E-state index is 8.88. The molecule has 1 heterocycles. The molecule has 0 radical (unpaired) electrons. The van der Waals surface area contributed by atoms with Gasteiger partial charge in [-0.15, -0.1) is 0 Å². The second kappa shape index (κ2) is 6.33. The minimum absolute atomic E-state index is 0.542. The van der Waals surface area contributed by atoms with Crippen molar-refractivity contribution in [2.24, 2.45) is 0 Å². The average Bonchev–Trinajstić information content (AvgIpc) is 2.41. The van der Waals surface area contributed by atoms with Crippen molar-refractivity contribution in [1.82, 2.24) is 9.88 Å². The minimum Gasteiger partial charge on any atom is -0.298 e. The van der Waals surface area contributed by atoms with Crippen LogP contribution in [0.4, 0.5) is 0 Å². The molecular weight excluding hydrogens is 258 g/mol. The molecule has 0 amide bonds. The molecule has 96 valence electrons. The van der Waals surface area contributed by atoms with Gasteiger partial charge in [0.2, 0.25) is 0 Å². The fraction of sp³-hybridized carbons (Fsp3) is 0.200. The van der Waals surface area contributed by atoms with Gasteiger partial charge in [0.1, 0.15) is 5.15 Å². The van der Waals surface area contributed by atoms with Crippen LogP contribution in [0.5, 0.6) is 0 Å². The Morgan fingerprint density at radius 1 is 1.26 bits per heavy atom. The van der Waals surface area contributed by atoms with Gasteiger partial charge in [0.05, 0.1) is 11.6 Å². The Kier molecular flexibility index (Phi) is 4.51. The minimum atomic E-state index is 0.542. The fourth-order valence-corrected chi connectivity index (χ4v) is 2.11. The van der Waals surface area contributed by atoms with E-state index in [1.54, 1.807) is 6.20 Å². The summed E-state index contributed by atoms with van der Waals surface area (Å²) in [7, 11) is 2.02. The second-order valence-electron chi connectivity index (χ2n) is 4.44. The highest BCUT2D eigenvalue weighted by Crippen LogP contribution is 2.15. The quantitative estimate of drug-likeness (QED) is 0.802. The highest BCUT2D eigenvalue weighted by molar-refractivity contribution is 6.30. The van der Waals surface area contributed by atoms with Gasteiger partial charge in [0, 0.05) is 24.8 Å². The first-order chi connectivity index (χ1) is 9.19. The molecule has 3 nitrogen and oxygen atoms in total. The number of nitriles is 1. The third kappa shape index (κ3) is 3.78. The summed E-state index contributed by atoms with van der Waals surface area (Å²) in [5.74, 6) is 0.